The molecule has 0 saturated heterocycles. The standard InChI is InChI=1S/C14H21NO/c1-11-5-7-13(8-6-11)9-10-14(12(2)16)15(3)4/h5-8,14H,9-10H2,1-4H3/t14-/m0/s1. The number of likely N-dealkylation sites (N-methyl/N-ethyl adjacent to an activating group) is 1. The first kappa shape index (κ1) is 12.9. The number of carbonyl (C=O) groups excluding carboxylic acids is 1. The highest BCUT2D eigenvalue weighted by atomic mass is 16.1. The molecule has 0 saturated carbocycles. The molecule has 0 fully saturated rings. The van der Waals surface area contributed by atoms with Gasteiger partial charge in [0, 0.05) is 0 Å². The predicted octanol–water partition coefficient (Wildman–Crippen LogP) is 2.45. The van der Waals surface area contributed by atoms with Crippen molar-refractivity contribution in [2.24, 2.45) is 0 Å². The Labute approximate surface area is 98.3 Å². The summed E-state index contributed by atoms with van der Waals surface area (Å²) in [7, 11) is 3.92. The van der Waals surface area contributed by atoms with Crippen molar-refractivity contribution in [1.29, 1.82) is 0 Å². The number of Topliss-reactive ketones (excluding diaryl/α,β-unsaturated/α-hetero) is 1. The molecule has 88 valence electrons. The number of ketones is 1. The number of rotatable bonds is 5. The van der Waals surface area contributed by atoms with E-state index in [4.69, 9.17) is 0 Å². The average Bonchev–Trinajstić information content (AvgIpc) is 2.20. The molecule has 1 aromatic rings. The monoisotopic (exact) mass is 219 g/mol. The van der Waals surface area contributed by atoms with Crippen molar-refractivity contribution in [3.63, 3.8) is 0 Å². The minimum Gasteiger partial charge on any atom is -0.300 e. The van der Waals surface area contributed by atoms with Gasteiger partial charge in [0.1, 0.15) is 5.78 Å². The third-order valence-corrected chi connectivity index (χ3v) is 2.92. The van der Waals surface area contributed by atoms with Crippen LogP contribution in [0.5, 0.6) is 0 Å². The fourth-order valence-electron chi connectivity index (χ4n) is 1.88. The number of carbonyl (C=O) groups is 1. The second-order valence-corrected chi connectivity index (χ2v) is 4.61. The molecule has 2 heteroatoms. The van der Waals surface area contributed by atoms with Crippen molar-refractivity contribution in [3.8, 4) is 0 Å². The summed E-state index contributed by atoms with van der Waals surface area (Å²) >= 11 is 0. The zero-order valence-electron chi connectivity index (χ0n) is 10.7. The van der Waals surface area contributed by atoms with Crippen LogP contribution >= 0.6 is 0 Å². The van der Waals surface area contributed by atoms with Gasteiger partial charge in [-0.25, -0.2) is 0 Å². The lowest BCUT2D eigenvalue weighted by atomic mass is 10.0. The van der Waals surface area contributed by atoms with E-state index in [-0.39, 0.29) is 11.8 Å². The first-order valence-corrected chi connectivity index (χ1v) is 5.73. The Balaban J connectivity index is 2.55. The molecule has 0 aliphatic carbocycles. The second-order valence-electron chi connectivity index (χ2n) is 4.61. The van der Waals surface area contributed by atoms with E-state index in [1.165, 1.54) is 11.1 Å². The summed E-state index contributed by atoms with van der Waals surface area (Å²) in [5.74, 6) is 0.247. The first-order chi connectivity index (χ1) is 7.50. The van der Waals surface area contributed by atoms with Crippen LogP contribution in [0.15, 0.2) is 24.3 Å². The van der Waals surface area contributed by atoms with Crippen LogP contribution in [0.2, 0.25) is 0 Å². The molecule has 16 heavy (non-hydrogen) atoms. The highest BCUT2D eigenvalue weighted by Gasteiger charge is 2.15. The molecule has 1 rings (SSSR count). The van der Waals surface area contributed by atoms with Crippen molar-refractivity contribution in [3.05, 3.63) is 35.4 Å². The molecule has 0 aliphatic heterocycles. The zero-order valence-corrected chi connectivity index (χ0v) is 10.7. The SMILES string of the molecule is CC(=O)[C@H](CCc1ccc(C)cc1)N(C)C. The van der Waals surface area contributed by atoms with Crippen molar-refractivity contribution in [2.75, 3.05) is 14.1 Å². The summed E-state index contributed by atoms with van der Waals surface area (Å²) in [6, 6.07) is 8.56. The molecular weight excluding hydrogens is 198 g/mol. The van der Waals surface area contributed by atoms with E-state index in [2.05, 4.69) is 31.2 Å². The summed E-state index contributed by atoms with van der Waals surface area (Å²) in [5, 5.41) is 0. The Bertz CT molecular complexity index is 340. The fourth-order valence-corrected chi connectivity index (χ4v) is 1.88. The molecule has 1 atom stereocenters. The molecule has 2 nitrogen and oxygen atoms in total. The molecular formula is C14H21NO. The highest BCUT2D eigenvalue weighted by molar-refractivity contribution is 5.81. The largest absolute Gasteiger partial charge is 0.300 e. The van der Waals surface area contributed by atoms with Gasteiger partial charge in [0.15, 0.2) is 0 Å². The lowest BCUT2D eigenvalue weighted by Gasteiger charge is -2.21. The van der Waals surface area contributed by atoms with Crippen LogP contribution in [0.25, 0.3) is 0 Å². The third kappa shape index (κ3) is 3.78. The average molecular weight is 219 g/mol. The molecule has 0 aliphatic rings. The van der Waals surface area contributed by atoms with Gasteiger partial charge in [-0.2, -0.15) is 0 Å². The van der Waals surface area contributed by atoms with Crippen LogP contribution in [0, 0.1) is 6.92 Å². The van der Waals surface area contributed by atoms with Crippen LogP contribution < -0.4 is 0 Å². The van der Waals surface area contributed by atoms with Gasteiger partial charge in [-0.05, 0) is 46.3 Å². The summed E-state index contributed by atoms with van der Waals surface area (Å²) in [6.07, 6.45) is 1.86. The molecule has 1 aromatic carbocycles. The Morgan fingerprint density at radius 2 is 1.81 bits per heavy atom. The van der Waals surface area contributed by atoms with Crippen LogP contribution in [-0.4, -0.2) is 30.8 Å². The maximum absolute atomic E-state index is 11.4. The first-order valence-electron chi connectivity index (χ1n) is 5.73. The van der Waals surface area contributed by atoms with Crippen molar-refractivity contribution >= 4 is 5.78 Å². The topological polar surface area (TPSA) is 20.3 Å². The number of benzene rings is 1. The quantitative estimate of drug-likeness (QED) is 0.758. The molecule has 0 N–H and O–H groups in total. The Morgan fingerprint density at radius 3 is 2.25 bits per heavy atom. The Kier molecular flexibility index (Phi) is 4.69. The van der Waals surface area contributed by atoms with Gasteiger partial charge in [-0.15, -0.1) is 0 Å². The van der Waals surface area contributed by atoms with Crippen LogP contribution in [0.4, 0.5) is 0 Å². The molecule has 0 bridgehead atoms. The van der Waals surface area contributed by atoms with Crippen LogP contribution in [0.3, 0.4) is 0 Å². The Hall–Kier alpha value is -1.15. The smallest absolute Gasteiger partial charge is 0.146 e. The lowest BCUT2D eigenvalue weighted by Crippen LogP contribution is -2.34. The molecule has 0 heterocycles. The van der Waals surface area contributed by atoms with Gasteiger partial charge >= 0.3 is 0 Å². The minimum atomic E-state index is 0.0429. The van der Waals surface area contributed by atoms with E-state index in [1.54, 1.807) is 6.92 Å². The van der Waals surface area contributed by atoms with E-state index in [0.717, 1.165) is 12.8 Å². The van der Waals surface area contributed by atoms with E-state index < -0.39 is 0 Å². The van der Waals surface area contributed by atoms with Gasteiger partial charge in [-0.1, -0.05) is 29.8 Å². The van der Waals surface area contributed by atoms with Crippen molar-refractivity contribution < 1.29 is 4.79 Å². The molecule has 0 aromatic heterocycles. The van der Waals surface area contributed by atoms with Crippen LogP contribution in [-0.2, 0) is 11.2 Å². The van der Waals surface area contributed by atoms with E-state index in [1.807, 2.05) is 19.0 Å². The zero-order chi connectivity index (χ0) is 12.1. The van der Waals surface area contributed by atoms with Crippen LogP contribution in [0.1, 0.15) is 24.5 Å². The van der Waals surface area contributed by atoms with E-state index >= 15 is 0 Å². The third-order valence-electron chi connectivity index (χ3n) is 2.92. The molecule has 0 unspecified atom stereocenters. The number of hydrogen-bond acceptors (Lipinski definition) is 2. The number of aryl methyl sites for hydroxylation is 2. The molecule has 0 spiro atoms. The van der Waals surface area contributed by atoms with Crippen molar-refractivity contribution in [2.45, 2.75) is 32.7 Å². The van der Waals surface area contributed by atoms with Gasteiger partial charge in [0.2, 0.25) is 0 Å². The van der Waals surface area contributed by atoms with E-state index in [0.29, 0.717) is 0 Å². The van der Waals surface area contributed by atoms with Gasteiger partial charge in [-0.3, -0.25) is 9.69 Å². The number of nitrogens with zero attached hydrogens (tertiary/aromatic N) is 1. The summed E-state index contributed by atoms with van der Waals surface area (Å²) in [6.45, 7) is 3.75. The predicted molar refractivity (Wildman–Crippen MR) is 67.7 cm³/mol. The van der Waals surface area contributed by atoms with Gasteiger partial charge in [0.25, 0.3) is 0 Å². The summed E-state index contributed by atoms with van der Waals surface area (Å²) < 4.78 is 0. The maximum Gasteiger partial charge on any atom is 0.146 e. The normalized spacial score (nSPS) is 12.8. The van der Waals surface area contributed by atoms with Crippen molar-refractivity contribution in [1.82, 2.24) is 4.90 Å². The fraction of sp³-hybridized carbons (Fsp3) is 0.500. The highest BCUT2D eigenvalue weighted by Crippen LogP contribution is 2.10. The van der Waals surface area contributed by atoms with E-state index in [9.17, 15) is 4.79 Å². The molecule has 0 radical (unpaired) electrons. The lowest BCUT2D eigenvalue weighted by molar-refractivity contribution is -0.121. The number of hydrogen-bond donors (Lipinski definition) is 0. The second kappa shape index (κ2) is 5.80. The minimum absolute atomic E-state index is 0.0429. The summed E-state index contributed by atoms with van der Waals surface area (Å²) in [4.78, 5) is 13.4. The Morgan fingerprint density at radius 1 is 1.25 bits per heavy atom. The maximum atomic E-state index is 11.4. The van der Waals surface area contributed by atoms with Gasteiger partial charge < -0.3 is 0 Å². The summed E-state index contributed by atoms with van der Waals surface area (Å²) in [5.41, 5.74) is 2.58. The van der Waals surface area contributed by atoms with Gasteiger partial charge in [0.05, 0.1) is 6.04 Å². The molecule has 0 amide bonds.